The molecule has 3 nitrogen and oxygen atoms in total. The highest BCUT2D eigenvalue weighted by Gasteiger charge is 2.31. The van der Waals surface area contributed by atoms with Gasteiger partial charge in [-0.3, -0.25) is 4.79 Å². The van der Waals surface area contributed by atoms with E-state index < -0.39 is 0 Å². The molecule has 0 saturated carbocycles. The molecule has 0 radical (unpaired) electrons. The van der Waals surface area contributed by atoms with Crippen molar-refractivity contribution in [3.63, 3.8) is 0 Å². The van der Waals surface area contributed by atoms with Gasteiger partial charge in [0.25, 0.3) is 0 Å². The highest BCUT2D eigenvalue weighted by atomic mass is 35.5. The van der Waals surface area contributed by atoms with Crippen LogP contribution in [0.2, 0.25) is 5.02 Å². The molecule has 0 fully saturated rings. The van der Waals surface area contributed by atoms with E-state index in [1.54, 1.807) is 24.3 Å². The first-order chi connectivity index (χ1) is 10.6. The SMILES string of the molecule is C[C@@H]1CC(=O)c2c(OCc3cccc(C#N)c3)ccc(Cl)c21. The molecule has 0 bridgehead atoms. The lowest BCUT2D eigenvalue weighted by Gasteiger charge is -2.12. The van der Waals surface area contributed by atoms with Crippen LogP contribution in [0.15, 0.2) is 36.4 Å². The number of fused-ring (bicyclic) bond motifs is 1. The van der Waals surface area contributed by atoms with E-state index in [0.717, 1.165) is 11.1 Å². The third kappa shape index (κ3) is 2.58. The zero-order chi connectivity index (χ0) is 15.7. The number of hydrogen-bond acceptors (Lipinski definition) is 3. The monoisotopic (exact) mass is 311 g/mol. The molecule has 0 amide bonds. The average molecular weight is 312 g/mol. The average Bonchev–Trinajstić information content (AvgIpc) is 2.83. The van der Waals surface area contributed by atoms with E-state index in [1.807, 2.05) is 19.1 Å². The molecule has 2 aromatic carbocycles. The number of ether oxygens (including phenoxy) is 1. The molecular weight excluding hydrogens is 298 g/mol. The normalized spacial score (nSPS) is 16.2. The van der Waals surface area contributed by atoms with Crippen LogP contribution in [0.4, 0.5) is 0 Å². The maximum absolute atomic E-state index is 12.2. The summed E-state index contributed by atoms with van der Waals surface area (Å²) >= 11 is 6.21. The van der Waals surface area contributed by atoms with Gasteiger partial charge in [-0.1, -0.05) is 30.7 Å². The van der Waals surface area contributed by atoms with E-state index in [0.29, 0.717) is 34.9 Å². The van der Waals surface area contributed by atoms with E-state index in [1.165, 1.54) is 0 Å². The Morgan fingerprint density at radius 3 is 2.95 bits per heavy atom. The lowest BCUT2D eigenvalue weighted by atomic mass is 10.0. The maximum atomic E-state index is 12.2. The molecule has 0 aromatic heterocycles. The molecule has 0 heterocycles. The van der Waals surface area contributed by atoms with Crippen LogP contribution in [0.3, 0.4) is 0 Å². The zero-order valence-corrected chi connectivity index (χ0v) is 12.9. The van der Waals surface area contributed by atoms with Gasteiger partial charge in [0.1, 0.15) is 12.4 Å². The number of halogens is 1. The molecule has 1 aliphatic carbocycles. The van der Waals surface area contributed by atoms with Gasteiger partial charge < -0.3 is 4.74 Å². The largest absolute Gasteiger partial charge is 0.488 e. The van der Waals surface area contributed by atoms with Crippen molar-refractivity contribution in [2.45, 2.75) is 25.9 Å². The number of nitriles is 1. The molecule has 2 aromatic rings. The van der Waals surface area contributed by atoms with E-state index in [4.69, 9.17) is 21.6 Å². The van der Waals surface area contributed by atoms with E-state index in [9.17, 15) is 4.79 Å². The summed E-state index contributed by atoms with van der Waals surface area (Å²) < 4.78 is 5.82. The number of rotatable bonds is 3. The lowest BCUT2D eigenvalue weighted by molar-refractivity contribution is 0.0986. The number of carbonyl (C=O) groups excluding carboxylic acids is 1. The van der Waals surface area contributed by atoms with Gasteiger partial charge >= 0.3 is 0 Å². The molecule has 1 aliphatic rings. The second kappa shape index (κ2) is 5.82. The summed E-state index contributed by atoms with van der Waals surface area (Å²) in [6, 6.07) is 12.8. The maximum Gasteiger partial charge on any atom is 0.167 e. The number of ketones is 1. The number of benzene rings is 2. The Balaban J connectivity index is 1.88. The number of Topliss-reactive ketones (excluding diaryl/α,β-unsaturated/α-hetero) is 1. The van der Waals surface area contributed by atoms with Crippen LogP contribution >= 0.6 is 11.6 Å². The first-order valence-electron chi connectivity index (χ1n) is 7.07. The van der Waals surface area contributed by atoms with Crippen molar-refractivity contribution in [1.29, 1.82) is 5.26 Å². The fraction of sp³-hybridized carbons (Fsp3) is 0.222. The van der Waals surface area contributed by atoms with Crippen molar-refractivity contribution in [3.8, 4) is 11.8 Å². The molecule has 0 spiro atoms. The summed E-state index contributed by atoms with van der Waals surface area (Å²) in [6.45, 7) is 2.31. The Hall–Kier alpha value is -2.31. The molecule has 0 N–H and O–H groups in total. The van der Waals surface area contributed by atoms with Gasteiger partial charge in [-0.2, -0.15) is 5.26 Å². The molecular formula is C18H14ClNO2. The zero-order valence-electron chi connectivity index (χ0n) is 12.1. The number of carbonyl (C=O) groups is 1. The topological polar surface area (TPSA) is 50.1 Å². The number of hydrogen-bond donors (Lipinski definition) is 0. The van der Waals surface area contributed by atoms with Crippen molar-refractivity contribution >= 4 is 17.4 Å². The van der Waals surface area contributed by atoms with Crippen LogP contribution in [0, 0.1) is 11.3 Å². The molecule has 0 aliphatic heterocycles. The highest BCUT2D eigenvalue weighted by molar-refractivity contribution is 6.32. The quantitative estimate of drug-likeness (QED) is 0.839. The summed E-state index contributed by atoms with van der Waals surface area (Å²) in [4.78, 5) is 12.2. The summed E-state index contributed by atoms with van der Waals surface area (Å²) in [7, 11) is 0. The first-order valence-corrected chi connectivity index (χ1v) is 7.45. The lowest BCUT2D eigenvalue weighted by Crippen LogP contribution is -2.02. The van der Waals surface area contributed by atoms with Crippen LogP contribution < -0.4 is 4.74 Å². The van der Waals surface area contributed by atoms with Gasteiger partial charge in [0.05, 0.1) is 17.2 Å². The Kier molecular flexibility index (Phi) is 3.87. The van der Waals surface area contributed by atoms with Crippen molar-refractivity contribution in [3.05, 3.63) is 63.7 Å². The van der Waals surface area contributed by atoms with Crippen LogP contribution in [-0.2, 0) is 6.61 Å². The minimum atomic E-state index is 0.0748. The fourth-order valence-corrected chi connectivity index (χ4v) is 3.18. The van der Waals surface area contributed by atoms with Crippen LogP contribution in [-0.4, -0.2) is 5.78 Å². The smallest absolute Gasteiger partial charge is 0.167 e. The van der Waals surface area contributed by atoms with Crippen LogP contribution in [0.5, 0.6) is 5.75 Å². The molecule has 22 heavy (non-hydrogen) atoms. The summed E-state index contributed by atoms with van der Waals surface area (Å²) in [5, 5.41) is 9.54. The fourth-order valence-electron chi connectivity index (χ4n) is 2.84. The van der Waals surface area contributed by atoms with Crippen molar-refractivity contribution in [2.24, 2.45) is 0 Å². The molecule has 1 atom stereocenters. The third-order valence-corrected chi connectivity index (χ3v) is 4.20. The van der Waals surface area contributed by atoms with Crippen molar-refractivity contribution in [2.75, 3.05) is 0 Å². The minimum Gasteiger partial charge on any atom is -0.488 e. The Bertz CT molecular complexity index is 792. The highest BCUT2D eigenvalue weighted by Crippen LogP contribution is 2.42. The molecule has 0 saturated heterocycles. The van der Waals surface area contributed by atoms with E-state index in [2.05, 4.69) is 6.07 Å². The Morgan fingerprint density at radius 2 is 2.18 bits per heavy atom. The van der Waals surface area contributed by atoms with E-state index >= 15 is 0 Å². The van der Waals surface area contributed by atoms with Gasteiger partial charge in [0.15, 0.2) is 5.78 Å². The third-order valence-electron chi connectivity index (χ3n) is 3.87. The van der Waals surface area contributed by atoms with Gasteiger partial charge in [0.2, 0.25) is 0 Å². The molecule has 0 unspecified atom stereocenters. The van der Waals surface area contributed by atoms with Gasteiger partial charge in [-0.05, 0) is 41.3 Å². The van der Waals surface area contributed by atoms with Gasteiger partial charge in [-0.15, -0.1) is 0 Å². The van der Waals surface area contributed by atoms with Crippen LogP contribution in [0.1, 0.15) is 46.3 Å². The van der Waals surface area contributed by atoms with Crippen LogP contribution in [0.25, 0.3) is 0 Å². The molecule has 110 valence electrons. The summed E-state index contributed by atoms with van der Waals surface area (Å²) in [5.41, 5.74) is 2.97. The van der Waals surface area contributed by atoms with Crippen molar-refractivity contribution < 1.29 is 9.53 Å². The predicted molar refractivity (Wildman–Crippen MR) is 84.3 cm³/mol. The predicted octanol–water partition coefficient (Wildman–Crippen LogP) is 4.48. The second-order valence-electron chi connectivity index (χ2n) is 5.46. The standard InChI is InChI=1S/C18H14ClNO2/c1-11-7-15(21)18-16(6-5-14(19)17(11)18)22-10-13-4-2-3-12(8-13)9-20/h2-6,8,11H,7,10H2,1H3/t11-/m1/s1. The second-order valence-corrected chi connectivity index (χ2v) is 5.87. The Labute approximate surface area is 134 Å². The number of nitrogens with zero attached hydrogens (tertiary/aromatic N) is 1. The summed E-state index contributed by atoms with van der Waals surface area (Å²) in [5.74, 6) is 0.766. The van der Waals surface area contributed by atoms with Gasteiger partial charge in [-0.25, -0.2) is 0 Å². The molecule has 3 rings (SSSR count). The Morgan fingerprint density at radius 1 is 1.36 bits per heavy atom. The van der Waals surface area contributed by atoms with Gasteiger partial charge in [0, 0.05) is 11.4 Å². The van der Waals surface area contributed by atoms with Crippen molar-refractivity contribution in [1.82, 2.24) is 0 Å². The first kappa shape index (κ1) is 14.6. The molecule has 4 heteroatoms. The van der Waals surface area contributed by atoms with E-state index in [-0.39, 0.29) is 11.7 Å². The summed E-state index contributed by atoms with van der Waals surface area (Å²) in [6.07, 6.45) is 0.472. The minimum absolute atomic E-state index is 0.0748.